The van der Waals surface area contributed by atoms with Crippen molar-refractivity contribution in [1.82, 2.24) is 0 Å². The van der Waals surface area contributed by atoms with Crippen LogP contribution < -0.4 is 0 Å². The minimum Gasteiger partial charge on any atom is -0.508 e. The summed E-state index contributed by atoms with van der Waals surface area (Å²) in [6, 6.07) is 5.06. The summed E-state index contributed by atoms with van der Waals surface area (Å²) in [7, 11) is 0. The first-order chi connectivity index (χ1) is 11.6. The van der Waals surface area contributed by atoms with Gasteiger partial charge in [0, 0.05) is 5.56 Å². The molecule has 0 heterocycles. The molecule has 25 heavy (non-hydrogen) atoms. The van der Waals surface area contributed by atoms with E-state index in [0.29, 0.717) is 6.07 Å². The number of aromatic hydroxyl groups is 1. The van der Waals surface area contributed by atoms with Crippen LogP contribution in [0.15, 0.2) is 30.3 Å². The van der Waals surface area contributed by atoms with Gasteiger partial charge in [-0.2, -0.15) is 0 Å². The lowest BCUT2D eigenvalue weighted by atomic mass is 9.87. The first-order valence-corrected chi connectivity index (χ1v) is 6.58. The first kappa shape index (κ1) is 17.5. The third kappa shape index (κ3) is 3.11. The lowest BCUT2D eigenvalue weighted by Crippen LogP contribution is -2.18. The number of phenols is 1. The Morgan fingerprint density at radius 2 is 1.04 bits per heavy atom. The predicted octanol–water partition coefficient (Wildman–Crippen LogP) is 1.85. The SMILES string of the molecule is O=C(O)c1cc(C(=O)O)c(C(=O)O)c(-c2ccc(O)cc2)c1C(=O)O. The molecule has 0 amide bonds. The molecule has 0 unspecified atom stereocenters. The summed E-state index contributed by atoms with van der Waals surface area (Å²) >= 11 is 0. The van der Waals surface area contributed by atoms with Crippen molar-refractivity contribution in [1.29, 1.82) is 0 Å². The van der Waals surface area contributed by atoms with E-state index in [0.717, 1.165) is 24.3 Å². The van der Waals surface area contributed by atoms with E-state index in [9.17, 15) is 44.7 Å². The zero-order valence-electron chi connectivity index (χ0n) is 12.3. The standard InChI is InChI=1S/C16H10O9/c17-7-3-1-6(2-4-7)10-11(15(22)23)8(13(18)19)5-9(14(20)21)12(10)16(24)25/h1-5,17H,(H,18,19)(H,20,21)(H,22,23)(H,24,25). The van der Waals surface area contributed by atoms with Crippen molar-refractivity contribution < 1.29 is 44.7 Å². The van der Waals surface area contributed by atoms with Crippen LogP contribution in [0, 0.1) is 0 Å². The third-order valence-corrected chi connectivity index (χ3v) is 3.37. The predicted molar refractivity (Wildman–Crippen MR) is 81.4 cm³/mol. The maximum absolute atomic E-state index is 11.6. The molecule has 0 fully saturated rings. The van der Waals surface area contributed by atoms with Gasteiger partial charge in [-0.05, 0) is 23.8 Å². The highest BCUT2D eigenvalue weighted by Gasteiger charge is 2.31. The normalized spacial score (nSPS) is 10.2. The second kappa shape index (κ2) is 6.32. The number of benzene rings is 2. The molecule has 9 nitrogen and oxygen atoms in total. The van der Waals surface area contributed by atoms with Gasteiger partial charge < -0.3 is 25.5 Å². The van der Waals surface area contributed by atoms with E-state index >= 15 is 0 Å². The van der Waals surface area contributed by atoms with Crippen molar-refractivity contribution in [3.05, 3.63) is 52.6 Å². The van der Waals surface area contributed by atoms with Crippen molar-refractivity contribution in [2.24, 2.45) is 0 Å². The maximum atomic E-state index is 11.6. The lowest BCUT2D eigenvalue weighted by Gasteiger charge is -2.15. The van der Waals surface area contributed by atoms with Gasteiger partial charge in [0.15, 0.2) is 0 Å². The molecule has 0 spiro atoms. The molecule has 0 aromatic heterocycles. The van der Waals surface area contributed by atoms with Crippen LogP contribution in [0.5, 0.6) is 5.75 Å². The van der Waals surface area contributed by atoms with Crippen LogP contribution in [0.25, 0.3) is 11.1 Å². The third-order valence-electron chi connectivity index (χ3n) is 3.37. The molecule has 0 saturated heterocycles. The summed E-state index contributed by atoms with van der Waals surface area (Å²) in [5.41, 5.74) is -4.09. The summed E-state index contributed by atoms with van der Waals surface area (Å²) in [6.45, 7) is 0. The van der Waals surface area contributed by atoms with Gasteiger partial charge in [0.2, 0.25) is 0 Å². The quantitative estimate of drug-likeness (QED) is 0.542. The average Bonchev–Trinajstić information content (AvgIpc) is 2.52. The Morgan fingerprint density at radius 1 is 0.640 bits per heavy atom. The molecule has 9 heteroatoms. The van der Waals surface area contributed by atoms with Crippen molar-refractivity contribution in [3.63, 3.8) is 0 Å². The minimum absolute atomic E-state index is 0.0711. The van der Waals surface area contributed by atoms with Gasteiger partial charge in [-0.1, -0.05) is 12.1 Å². The second-order valence-electron chi connectivity index (χ2n) is 4.86. The second-order valence-corrected chi connectivity index (χ2v) is 4.86. The topological polar surface area (TPSA) is 169 Å². The summed E-state index contributed by atoms with van der Waals surface area (Å²) < 4.78 is 0. The molecule has 0 aliphatic rings. The minimum atomic E-state index is -1.74. The maximum Gasteiger partial charge on any atom is 0.337 e. The molecular weight excluding hydrogens is 336 g/mol. The van der Waals surface area contributed by atoms with Gasteiger partial charge >= 0.3 is 23.9 Å². The van der Waals surface area contributed by atoms with Gasteiger partial charge in [-0.15, -0.1) is 0 Å². The number of phenolic OH excluding ortho intramolecular Hbond substituents is 1. The van der Waals surface area contributed by atoms with E-state index in [-0.39, 0.29) is 11.3 Å². The van der Waals surface area contributed by atoms with Gasteiger partial charge in [0.05, 0.1) is 22.3 Å². The number of hydrogen-bond donors (Lipinski definition) is 5. The fraction of sp³-hybridized carbons (Fsp3) is 0. The Hall–Kier alpha value is -3.88. The number of rotatable bonds is 5. The molecule has 5 N–H and O–H groups in total. The van der Waals surface area contributed by atoms with E-state index in [4.69, 9.17) is 0 Å². The van der Waals surface area contributed by atoms with Gasteiger partial charge in [0.25, 0.3) is 0 Å². The van der Waals surface area contributed by atoms with Crippen molar-refractivity contribution >= 4 is 23.9 Å². The van der Waals surface area contributed by atoms with Gasteiger partial charge in [-0.3, -0.25) is 0 Å². The highest BCUT2D eigenvalue weighted by atomic mass is 16.4. The zero-order valence-corrected chi connectivity index (χ0v) is 12.3. The van der Waals surface area contributed by atoms with Crippen LogP contribution >= 0.6 is 0 Å². The zero-order chi connectivity index (χ0) is 18.9. The highest BCUT2D eigenvalue weighted by molar-refractivity contribution is 6.15. The molecular formula is C16H10O9. The average molecular weight is 346 g/mol. The molecule has 0 saturated carbocycles. The molecule has 2 aromatic rings. The molecule has 2 rings (SSSR count). The van der Waals surface area contributed by atoms with Crippen LogP contribution in [-0.4, -0.2) is 49.4 Å². The number of carbonyl (C=O) groups is 4. The Kier molecular flexibility index (Phi) is 4.42. The van der Waals surface area contributed by atoms with Crippen LogP contribution in [-0.2, 0) is 0 Å². The first-order valence-electron chi connectivity index (χ1n) is 6.58. The van der Waals surface area contributed by atoms with E-state index in [2.05, 4.69) is 0 Å². The van der Waals surface area contributed by atoms with Crippen LogP contribution in [0.3, 0.4) is 0 Å². The molecule has 0 radical (unpaired) electrons. The van der Waals surface area contributed by atoms with E-state index in [1.807, 2.05) is 0 Å². The molecule has 0 aliphatic carbocycles. The molecule has 128 valence electrons. The number of aromatic carboxylic acids is 4. The summed E-state index contributed by atoms with van der Waals surface area (Å²) in [5, 5.41) is 46.6. The molecule has 0 bridgehead atoms. The summed E-state index contributed by atoms with van der Waals surface area (Å²) in [4.78, 5) is 45.9. The molecule has 2 aromatic carbocycles. The molecule has 0 aliphatic heterocycles. The van der Waals surface area contributed by atoms with Crippen molar-refractivity contribution in [2.45, 2.75) is 0 Å². The Balaban J connectivity index is 3.10. The van der Waals surface area contributed by atoms with E-state index in [1.165, 1.54) is 0 Å². The van der Waals surface area contributed by atoms with Gasteiger partial charge in [-0.25, -0.2) is 19.2 Å². The number of carboxylic acids is 4. The van der Waals surface area contributed by atoms with Crippen LogP contribution in [0.4, 0.5) is 0 Å². The fourth-order valence-corrected chi connectivity index (χ4v) is 2.38. The Morgan fingerprint density at radius 3 is 1.36 bits per heavy atom. The fourth-order valence-electron chi connectivity index (χ4n) is 2.38. The smallest absolute Gasteiger partial charge is 0.337 e. The largest absolute Gasteiger partial charge is 0.508 e. The summed E-state index contributed by atoms with van der Waals surface area (Å²) in [5.74, 6) is -7.13. The number of hydrogen-bond acceptors (Lipinski definition) is 5. The Labute approximate surface area is 139 Å². The van der Waals surface area contributed by atoms with Crippen molar-refractivity contribution in [3.8, 4) is 16.9 Å². The van der Waals surface area contributed by atoms with Crippen LogP contribution in [0.1, 0.15) is 41.4 Å². The monoisotopic (exact) mass is 346 g/mol. The molecule has 0 atom stereocenters. The van der Waals surface area contributed by atoms with E-state index < -0.39 is 51.7 Å². The number of carboxylic acid groups (broad SMARTS) is 4. The lowest BCUT2D eigenvalue weighted by molar-refractivity contribution is 0.0638. The summed E-state index contributed by atoms with van der Waals surface area (Å²) in [6.07, 6.45) is 0. The van der Waals surface area contributed by atoms with Gasteiger partial charge in [0.1, 0.15) is 5.75 Å². The highest BCUT2D eigenvalue weighted by Crippen LogP contribution is 2.34. The van der Waals surface area contributed by atoms with E-state index in [1.54, 1.807) is 0 Å². The van der Waals surface area contributed by atoms with Crippen molar-refractivity contribution in [2.75, 3.05) is 0 Å². The van der Waals surface area contributed by atoms with Crippen LogP contribution in [0.2, 0.25) is 0 Å². The Bertz CT molecular complexity index is 860.